The molecule has 15 aliphatic rings. The lowest BCUT2D eigenvalue weighted by molar-refractivity contribution is -0.185. The van der Waals surface area contributed by atoms with E-state index < -0.39 is 282 Å². The van der Waals surface area contributed by atoms with Crippen LogP contribution >= 0.6 is 0 Å². The fourth-order valence-electron chi connectivity index (χ4n) is 22.3. The van der Waals surface area contributed by atoms with Crippen molar-refractivity contribution in [3.63, 3.8) is 0 Å². The molecule has 6 aliphatic carbocycles. The van der Waals surface area contributed by atoms with Gasteiger partial charge in [0.05, 0.1) is 72.1 Å². The maximum Gasteiger partial charge on any atom is 0.370 e. The van der Waals surface area contributed by atoms with Crippen molar-refractivity contribution < 1.29 is 208 Å². The molecule has 0 radical (unpaired) electrons. The minimum Gasteiger partial charge on any atom is -0.743 e. The zero-order valence-electron chi connectivity index (χ0n) is 69.6. The minimum atomic E-state index is -6.09. The van der Waals surface area contributed by atoms with Crippen molar-refractivity contribution in [1.29, 1.82) is 0 Å². The van der Waals surface area contributed by atoms with E-state index in [-0.39, 0.29) is 72.1 Å². The Morgan fingerprint density at radius 3 is 0.952 bits per heavy atom. The number of hydrogen-bond donors (Lipinski definition) is 0. The van der Waals surface area contributed by atoms with Gasteiger partial charge in [0.25, 0.3) is 0 Å². The summed E-state index contributed by atoms with van der Waals surface area (Å²) in [5.41, 5.74) is -2.39. The van der Waals surface area contributed by atoms with Gasteiger partial charge in [-0.05, 0) is 138 Å². The highest BCUT2D eigenvalue weighted by Crippen LogP contribution is 2.63. The van der Waals surface area contributed by atoms with Crippen molar-refractivity contribution in [3.05, 3.63) is 0 Å². The van der Waals surface area contributed by atoms with E-state index in [1.165, 1.54) is 0 Å². The zero-order valence-corrected chi connectivity index (χ0v) is 72.0. The molecule has 708 valence electrons. The number of alkyl halides is 6. The molecule has 0 spiro atoms. The molecule has 9 saturated heterocycles. The van der Waals surface area contributed by atoms with Gasteiger partial charge in [-0.1, -0.05) is 20.8 Å². The molecule has 0 N–H and O–H groups in total. The number of halogens is 6. The Balaban J connectivity index is 0.000000162. The summed E-state index contributed by atoms with van der Waals surface area (Å²) >= 11 is 0. The van der Waals surface area contributed by atoms with E-state index in [9.17, 15) is 123 Å². The summed E-state index contributed by atoms with van der Waals surface area (Å²) < 4.78 is 273. The van der Waals surface area contributed by atoms with Crippen LogP contribution in [0, 0.1) is 88.8 Å². The number of esters is 12. The second kappa shape index (κ2) is 35.8. The van der Waals surface area contributed by atoms with Crippen LogP contribution in [0.4, 0.5) is 26.3 Å². The molecule has 6 saturated carbocycles. The lowest BCUT2D eigenvalue weighted by Gasteiger charge is -2.41. The van der Waals surface area contributed by atoms with Crippen molar-refractivity contribution in [2.24, 2.45) is 88.8 Å². The smallest absolute Gasteiger partial charge is 0.370 e. The van der Waals surface area contributed by atoms with Gasteiger partial charge in [-0.15, -0.1) is 0 Å². The summed E-state index contributed by atoms with van der Waals surface area (Å²) in [5.74, 6) is -17.9. The van der Waals surface area contributed by atoms with Crippen molar-refractivity contribution in [3.8, 4) is 0 Å². The number of rotatable bonds is 36. The van der Waals surface area contributed by atoms with E-state index in [0.717, 1.165) is 57.8 Å². The third-order valence-corrected chi connectivity index (χ3v) is 31.5. The standard InChI is InChI=1S/C27H36F2O13S.C26H34F2O13S.C25H32F2O13S/c1-4-26(5-2,16-8-13-6-7-17(16)39-13)42-25(33)21-15-9-14-20(21)24(32)41-23(14)22(15)40-19(31)11-37-10-18(30)38-12(3)27(28,29)43(34,35)36;1-4-25(3,15-7-12-5-6-16(15)38-12)41-24(32)20-14-8-13-19(20)23(31)40-22(13)21(14)39-18(30)10-36-9-17(29)37-11(2)26(27,28)42(33,34)35;1-10(25(26,27)41(32,33)34)36-16(28)8-35-9-17(29)38-20-13-7-12-18(22(30)39-21(12)20)19(13)23(31)40-24(2,3)14-6-11-4-5-15(14)37-11/h12-17,20-23H,4-11H2,1-3H3,(H,34,35,36);11-16,19-22H,4-10H2,1-3H3,(H,33,34,35);10-15,18-21H,4-9H2,1-3H3,(H,32,33,34)/p-3. The molecule has 39 nitrogen and oxygen atoms in total. The first-order valence-corrected chi connectivity index (χ1v) is 46.1. The lowest BCUT2D eigenvalue weighted by Crippen LogP contribution is -2.50. The second-order valence-corrected chi connectivity index (χ2v) is 40.1. The summed E-state index contributed by atoms with van der Waals surface area (Å²) in [5, 5.41) is -14.6. The van der Waals surface area contributed by atoms with Gasteiger partial charge in [0, 0.05) is 53.3 Å². The van der Waals surface area contributed by atoms with Crippen LogP contribution in [0.1, 0.15) is 159 Å². The summed E-state index contributed by atoms with van der Waals surface area (Å²) in [7, 11) is -18.3. The van der Waals surface area contributed by atoms with Crippen LogP contribution in [0.5, 0.6) is 0 Å². The highest BCUT2D eigenvalue weighted by Gasteiger charge is 2.74. The Labute approximate surface area is 718 Å². The molecule has 15 rings (SSSR count). The molecule has 31 unspecified atom stereocenters. The van der Waals surface area contributed by atoms with Crippen LogP contribution in [0.15, 0.2) is 0 Å². The quantitative estimate of drug-likeness (QED) is 0.0376. The van der Waals surface area contributed by atoms with E-state index in [0.29, 0.717) is 59.3 Å². The number of fused-ring (bicyclic) bond motifs is 9. The Morgan fingerprint density at radius 1 is 0.389 bits per heavy atom. The van der Waals surface area contributed by atoms with Crippen LogP contribution < -0.4 is 0 Å². The van der Waals surface area contributed by atoms with Gasteiger partial charge < -0.3 is 98.9 Å². The Bertz CT molecular complexity index is 4610. The van der Waals surface area contributed by atoms with Crippen molar-refractivity contribution in [1.82, 2.24) is 0 Å². The van der Waals surface area contributed by atoms with E-state index in [1.807, 2.05) is 41.5 Å². The van der Waals surface area contributed by atoms with Gasteiger partial charge >= 0.3 is 87.4 Å². The van der Waals surface area contributed by atoms with Gasteiger partial charge in [-0.3, -0.25) is 28.8 Å². The first kappa shape index (κ1) is 96.3. The predicted molar refractivity (Wildman–Crippen MR) is 390 cm³/mol. The average Bonchev–Trinajstić information content (AvgIpc) is 1.55. The molecular weight excluding hydrogens is 1770 g/mol. The molecule has 48 heteroatoms. The second-order valence-electron chi connectivity index (χ2n) is 35.8. The number of hydrogen-bond acceptors (Lipinski definition) is 39. The van der Waals surface area contributed by atoms with Crippen LogP contribution in [0.2, 0.25) is 0 Å². The van der Waals surface area contributed by atoms with Crippen molar-refractivity contribution in [2.45, 2.75) is 283 Å². The molecule has 12 bridgehead atoms. The fourth-order valence-corrected chi connectivity index (χ4v) is 23.7. The van der Waals surface area contributed by atoms with Crippen molar-refractivity contribution in [2.75, 3.05) is 39.6 Å². The molecule has 0 aromatic rings. The molecule has 0 amide bonds. The monoisotopic (exact) mass is 1870 g/mol. The normalized spacial score (nSPS) is 36.0. The van der Waals surface area contributed by atoms with Gasteiger partial charge in [0.15, 0.2) is 48.7 Å². The molecule has 15 fully saturated rings. The molecule has 126 heavy (non-hydrogen) atoms. The van der Waals surface area contributed by atoms with Gasteiger partial charge in [-0.25, -0.2) is 54.0 Å². The zero-order chi connectivity index (χ0) is 92.3. The third-order valence-electron chi connectivity index (χ3n) is 28.5. The van der Waals surface area contributed by atoms with Crippen LogP contribution in [-0.4, -0.2) is 274 Å². The number of carbonyl (C=O) groups excluding carboxylic acids is 12. The molecule has 0 aromatic heterocycles. The average molecular weight is 1870 g/mol. The largest absolute Gasteiger partial charge is 0.743 e. The Hall–Kier alpha value is -7.29. The third kappa shape index (κ3) is 18.2. The van der Waals surface area contributed by atoms with Crippen LogP contribution in [0.25, 0.3) is 0 Å². The SMILES string of the molecule is CC(OC(=O)COCC(=O)OC1C2CC3C1OC(=O)C3C2C(=O)OC(C)(C)C1CC2CCC1O2)C(F)(F)S(=O)(=O)[O-].CCC(C)(OC(=O)C1C2CC3C(OC(=O)C31)C2OC(=O)COCC(=O)OC(C)C(F)(F)S(=O)(=O)[O-])C1CC2CCC1O2.CCC(CC)(OC(=O)C1C2CC3C(OC(=O)C31)C2OC(=O)COCC(=O)OC(C)C(F)(F)S(=O)(=O)[O-])C1CC2CCC1O2. The summed E-state index contributed by atoms with van der Waals surface area (Å²) in [4.78, 5) is 152. The molecule has 0 aromatic carbocycles. The van der Waals surface area contributed by atoms with E-state index in [4.69, 9.17) is 71.1 Å². The highest BCUT2D eigenvalue weighted by atomic mass is 32.2. The minimum absolute atomic E-state index is 0.00840. The lowest BCUT2D eigenvalue weighted by atomic mass is 9.73. The predicted octanol–water partition coefficient (Wildman–Crippen LogP) is 3.21. The molecule has 9 heterocycles. The Kier molecular flexibility index (Phi) is 27.3. The summed E-state index contributed by atoms with van der Waals surface area (Å²) in [6.45, 7) is 7.37. The maximum absolute atomic E-state index is 13.8. The van der Waals surface area contributed by atoms with Crippen LogP contribution in [-0.2, 0) is 173 Å². The fraction of sp³-hybridized carbons (Fsp3) is 0.846. The first-order valence-electron chi connectivity index (χ1n) is 41.9. The van der Waals surface area contributed by atoms with Gasteiger partial charge in [0.2, 0.25) is 0 Å². The van der Waals surface area contributed by atoms with Crippen molar-refractivity contribution >= 4 is 102 Å². The topological polar surface area (TPSA) is 543 Å². The highest BCUT2D eigenvalue weighted by molar-refractivity contribution is 7.87. The number of ether oxygens (including phenoxy) is 18. The molecular formula is C78H99F6O39S3-3. The summed E-state index contributed by atoms with van der Waals surface area (Å²) in [6, 6.07) is 0. The Morgan fingerprint density at radius 2 is 0.675 bits per heavy atom. The number of carbonyl (C=O) groups is 12. The van der Waals surface area contributed by atoms with Crippen LogP contribution in [0.3, 0.4) is 0 Å². The van der Waals surface area contributed by atoms with E-state index >= 15 is 0 Å². The van der Waals surface area contributed by atoms with E-state index in [2.05, 4.69) is 14.2 Å². The van der Waals surface area contributed by atoms with Gasteiger partial charge in [-0.2, -0.15) is 26.3 Å². The van der Waals surface area contributed by atoms with Gasteiger partial charge in [0.1, 0.15) is 93.1 Å². The molecule has 9 aliphatic heterocycles. The maximum atomic E-state index is 13.8. The van der Waals surface area contributed by atoms with E-state index in [1.54, 1.807) is 0 Å². The molecule has 31 atom stereocenters. The first-order chi connectivity index (χ1) is 58.7. The summed E-state index contributed by atoms with van der Waals surface area (Å²) in [6.07, 6.45) is -1.47.